The molecular formula is C18H16Br4N2O2. The van der Waals surface area contributed by atoms with Crippen LogP contribution in [0.25, 0.3) is 0 Å². The van der Waals surface area contributed by atoms with Gasteiger partial charge in [-0.3, -0.25) is 9.59 Å². The monoisotopic (exact) mass is 608 g/mol. The van der Waals surface area contributed by atoms with Crippen molar-refractivity contribution in [3.63, 3.8) is 0 Å². The minimum Gasteiger partial charge on any atom is -0.325 e. The van der Waals surface area contributed by atoms with Gasteiger partial charge in [0.1, 0.15) is 0 Å². The molecule has 0 aliphatic heterocycles. The number of unbranched alkanes of at least 4 members (excludes halogenated alkanes) is 1. The Morgan fingerprint density at radius 3 is 1.42 bits per heavy atom. The zero-order valence-corrected chi connectivity index (χ0v) is 20.0. The Morgan fingerprint density at radius 2 is 1.08 bits per heavy atom. The van der Waals surface area contributed by atoms with Crippen LogP contribution in [0.15, 0.2) is 54.3 Å². The summed E-state index contributed by atoms with van der Waals surface area (Å²) in [5.74, 6) is -0.131. The van der Waals surface area contributed by atoms with Gasteiger partial charge in [-0.2, -0.15) is 0 Å². The molecule has 0 saturated carbocycles. The Labute approximate surface area is 186 Å². The lowest BCUT2D eigenvalue weighted by atomic mass is 10.1. The molecule has 2 amide bonds. The fraction of sp³-hybridized carbons (Fsp3) is 0.222. The van der Waals surface area contributed by atoms with Gasteiger partial charge in [-0.15, -0.1) is 0 Å². The Bertz CT molecular complexity index is 744. The number of rotatable bonds is 7. The van der Waals surface area contributed by atoms with Crippen molar-refractivity contribution in [3.05, 3.63) is 54.3 Å². The third-order valence-corrected chi connectivity index (χ3v) is 5.77. The lowest BCUT2D eigenvalue weighted by Gasteiger charge is -2.09. The van der Waals surface area contributed by atoms with Crippen molar-refractivity contribution in [2.24, 2.45) is 0 Å². The Hall–Kier alpha value is -0.700. The summed E-state index contributed by atoms with van der Waals surface area (Å²) in [6.07, 6.45) is 2.04. The fourth-order valence-corrected chi connectivity index (χ4v) is 4.47. The van der Waals surface area contributed by atoms with E-state index in [-0.39, 0.29) is 11.8 Å². The summed E-state index contributed by atoms with van der Waals surface area (Å²) in [7, 11) is 0. The van der Waals surface area contributed by atoms with Crippen molar-refractivity contribution >= 4 is 86.9 Å². The predicted molar refractivity (Wildman–Crippen MR) is 119 cm³/mol. The van der Waals surface area contributed by atoms with E-state index in [2.05, 4.69) is 74.4 Å². The number of halogens is 4. The van der Waals surface area contributed by atoms with E-state index >= 15 is 0 Å². The van der Waals surface area contributed by atoms with Crippen LogP contribution in [0, 0.1) is 0 Å². The molecule has 26 heavy (non-hydrogen) atoms. The van der Waals surface area contributed by atoms with Crippen LogP contribution >= 0.6 is 63.7 Å². The topological polar surface area (TPSA) is 58.2 Å². The van der Waals surface area contributed by atoms with E-state index in [1.54, 1.807) is 0 Å². The number of carbonyl (C=O) groups excluding carboxylic acids is 2. The molecule has 0 saturated heterocycles. The largest absolute Gasteiger partial charge is 0.325 e. The molecule has 0 radical (unpaired) electrons. The van der Waals surface area contributed by atoms with Crippen molar-refractivity contribution in [3.8, 4) is 0 Å². The zero-order valence-electron chi connectivity index (χ0n) is 13.6. The van der Waals surface area contributed by atoms with Crippen molar-refractivity contribution in [2.75, 3.05) is 10.6 Å². The fourth-order valence-electron chi connectivity index (χ4n) is 2.18. The first-order chi connectivity index (χ1) is 12.3. The van der Waals surface area contributed by atoms with Crippen LogP contribution in [0.1, 0.15) is 25.7 Å². The maximum absolute atomic E-state index is 12.0. The van der Waals surface area contributed by atoms with Gasteiger partial charge < -0.3 is 10.6 Å². The summed E-state index contributed by atoms with van der Waals surface area (Å²) < 4.78 is 3.51. The number of amides is 2. The first-order valence-electron chi connectivity index (χ1n) is 7.85. The standard InChI is InChI=1S/C18H16Br4N2O2/c19-11-5-7-15(13(21)9-11)23-17(25)3-1-2-4-18(26)24-16-8-6-12(20)10-14(16)22/h5-10H,1-4H2,(H,23,25)(H,24,26). The molecule has 0 aliphatic carbocycles. The second kappa shape index (κ2) is 10.6. The minimum atomic E-state index is -0.0657. The highest BCUT2D eigenvalue weighted by molar-refractivity contribution is 9.11. The molecular weight excluding hydrogens is 596 g/mol. The number of nitrogens with one attached hydrogen (secondary N) is 2. The third-order valence-electron chi connectivity index (χ3n) is 3.47. The molecule has 0 aromatic heterocycles. The molecule has 4 nitrogen and oxygen atoms in total. The molecule has 0 aliphatic rings. The van der Waals surface area contributed by atoms with Crippen LogP contribution in [-0.2, 0) is 9.59 Å². The molecule has 0 atom stereocenters. The predicted octanol–water partition coefficient (Wildman–Crippen LogP) is 6.87. The van der Waals surface area contributed by atoms with E-state index in [1.807, 2.05) is 36.4 Å². The van der Waals surface area contributed by atoms with Gasteiger partial charge in [0.2, 0.25) is 11.8 Å². The molecule has 0 heterocycles. The lowest BCUT2D eigenvalue weighted by Crippen LogP contribution is -2.13. The molecule has 0 fully saturated rings. The van der Waals surface area contributed by atoms with Gasteiger partial charge in [0.05, 0.1) is 11.4 Å². The maximum atomic E-state index is 12.0. The summed E-state index contributed by atoms with van der Waals surface area (Å²) in [5, 5.41) is 5.72. The highest BCUT2D eigenvalue weighted by Gasteiger charge is 2.08. The average molecular weight is 612 g/mol. The summed E-state index contributed by atoms with van der Waals surface area (Å²) in [6, 6.07) is 11.1. The number of benzene rings is 2. The van der Waals surface area contributed by atoms with E-state index < -0.39 is 0 Å². The molecule has 2 aromatic rings. The Balaban J connectivity index is 1.70. The number of anilines is 2. The number of carbonyl (C=O) groups is 2. The average Bonchev–Trinajstić information content (AvgIpc) is 2.57. The van der Waals surface area contributed by atoms with Crippen molar-refractivity contribution in [1.82, 2.24) is 0 Å². The van der Waals surface area contributed by atoms with Crippen LogP contribution in [0.5, 0.6) is 0 Å². The minimum absolute atomic E-state index is 0.0657. The number of hydrogen-bond donors (Lipinski definition) is 2. The number of hydrogen-bond acceptors (Lipinski definition) is 2. The summed E-state index contributed by atoms with van der Waals surface area (Å²) in [4.78, 5) is 24.0. The van der Waals surface area contributed by atoms with Crippen molar-refractivity contribution in [1.29, 1.82) is 0 Å². The van der Waals surface area contributed by atoms with Crippen LogP contribution in [-0.4, -0.2) is 11.8 Å². The zero-order chi connectivity index (χ0) is 19.1. The first-order valence-corrected chi connectivity index (χ1v) is 11.0. The molecule has 0 unspecified atom stereocenters. The van der Waals surface area contributed by atoms with E-state index in [0.29, 0.717) is 25.7 Å². The van der Waals surface area contributed by atoms with Gasteiger partial charge in [-0.25, -0.2) is 0 Å². The van der Waals surface area contributed by atoms with E-state index in [1.165, 1.54) is 0 Å². The molecule has 0 bridgehead atoms. The molecule has 8 heteroatoms. The second-order valence-electron chi connectivity index (χ2n) is 5.55. The summed E-state index contributed by atoms with van der Waals surface area (Å²) in [5.41, 5.74) is 1.46. The van der Waals surface area contributed by atoms with Crippen LogP contribution in [0.3, 0.4) is 0 Å². The van der Waals surface area contributed by atoms with Crippen LogP contribution < -0.4 is 10.6 Å². The quantitative estimate of drug-likeness (QED) is 0.336. The second-order valence-corrected chi connectivity index (χ2v) is 9.09. The van der Waals surface area contributed by atoms with E-state index in [4.69, 9.17) is 0 Å². The Morgan fingerprint density at radius 1 is 0.692 bits per heavy atom. The van der Waals surface area contributed by atoms with Crippen LogP contribution in [0.2, 0.25) is 0 Å². The molecule has 2 rings (SSSR count). The van der Waals surface area contributed by atoms with Gasteiger partial charge in [-0.1, -0.05) is 31.9 Å². The van der Waals surface area contributed by atoms with Gasteiger partial charge in [0, 0.05) is 30.7 Å². The van der Waals surface area contributed by atoms with E-state index in [9.17, 15) is 9.59 Å². The summed E-state index contributed by atoms with van der Waals surface area (Å²) in [6.45, 7) is 0. The van der Waals surface area contributed by atoms with Gasteiger partial charge in [-0.05, 0) is 81.1 Å². The van der Waals surface area contributed by atoms with Crippen LogP contribution in [0.4, 0.5) is 11.4 Å². The smallest absolute Gasteiger partial charge is 0.224 e. The lowest BCUT2D eigenvalue weighted by molar-refractivity contribution is -0.118. The first kappa shape index (κ1) is 21.6. The molecule has 2 aromatic carbocycles. The normalized spacial score (nSPS) is 10.5. The van der Waals surface area contributed by atoms with Crippen molar-refractivity contribution < 1.29 is 9.59 Å². The highest BCUT2D eigenvalue weighted by Crippen LogP contribution is 2.27. The maximum Gasteiger partial charge on any atom is 0.224 e. The van der Waals surface area contributed by atoms with Crippen molar-refractivity contribution in [2.45, 2.75) is 25.7 Å². The molecule has 138 valence electrons. The summed E-state index contributed by atoms with van der Waals surface area (Å²) >= 11 is 13.6. The highest BCUT2D eigenvalue weighted by atomic mass is 79.9. The Kier molecular flexibility index (Phi) is 8.79. The SMILES string of the molecule is O=C(CCCCC(=O)Nc1ccc(Br)cc1Br)Nc1ccc(Br)cc1Br. The third kappa shape index (κ3) is 7.13. The molecule has 2 N–H and O–H groups in total. The van der Waals surface area contributed by atoms with Gasteiger partial charge in [0.25, 0.3) is 0 Å². The molecule has 0 spiro atoms. The van der Waals surface area contributed by atoms with E-state index in [0.717, 1.165) is 29.3 Å². The van der Waals surface area contributed by atoms with Gasteiger partial charge >= 0.3 is 0 Å². The van der Waals surface area contributed by atoms with Gasteiger partial charge in [0.15, 0.2) is 0 Å².